The second-order valence-corrected chi connectivity index (χ2v) is 10.3. The number of carbonyl (C=O) groups excluding carboxylic acids is 2. The number of halogens is 4. The molecule has 1 fully saturated rings. The molecule has 0 aliphatic carbocycles. The highest BCUT2D eigenvalue weighted by Gasteiger charge is 2.38. The predicted molar refractivity (Wildman–Crippen MR) is 134 cm³/mol. The number of aromatic nitrogens is 1. The van der Waals surface area contributed by atoms with Gasteiger partial charge in [-0.3, -0.25) is 9.69 Å². The molecule has 1 aliphatic rings. The zero-order chi connectivity index (χ0) is 28.3. The Kier molecular flexibility index (Phi) is 8.43. The van der Waals surface area contributed by atoms with Crippen LogP contribution in [0.15, 0.2) is 40.8 Å². The molecular weight excluding hydrogens is 543 g/mol. The number of likely N-dealkylation sites (tertiary alicyclic amines) is 1. The third-order valence-electron chi connectivity index (χ3n) is 5.72. The van der Waals surface area contributed by atoms with Crippen molar-refractivity contribution in [1.29, 1.82) is 0 Å². The van der Waals surface area contributed by atoms with E-state index in [0.29, 0.717) is 18.4 Å². The summed E-state index contributed by atoms with van der Waals surface area (Å²) < 4.78 is 60.0. The van der Waals surface area contributed by atoms with Crippen molar-refractivity contribution in [3.8, 4) is 11.5 Å². The number of piperidine rings is 1. The standard InChI is InChI=1S/C26H27ClF3N3O6/c1-26(2,3)39-25(35)33-12-14(31-22(34)13-36-15-5-7-17(27)18(28)10-15)4-9-20(33)23-32-19-8-6-16(37-24(29)30)11-21(19)38-23/h5-8,10-11,14,20,24H,4,9,12-13H2,1-3H3,(H,31,34)/t14?,20-/m1/s1. The van der Waals surface area contributed by atoms with Gasteiger partial charge in [0.25, 0.3) is 5.91 Å². The second-order valence-electron chi connectivity index (χ2n) is 9.92. The van der Waals surface area contributed by atoms with Crippen molar-refractivity contribution >= 4 is 34.7 Å². The van der Waals surface area contributed by atoms with Gasteiger partial charge in [0.1, 0.15) is 34.5 Å². The van der Waals surface area contributed by atoms with Gasteiger partial charge in [-0.25, -0.2) is 14.2 Å². The monoisotopic (exact) mass is 569 g/mol. The van der Waals surface area contributed by atoms with Crippen molar-refractivity contribution < 1.29 is 41.4 Å². The lowest BCUT2D eigenvalue weighted by molar-refractivity contribution is -0.124. The molecule has 0 spiro atoms. The average Bonchev–Trinajstić information content (AvgIpc) is 3.26. The summed E-state index contributed by atoms with van der Waals surface area (Å²) in [5.74, 6) is -0.879. The zero-order valence-electron chi connectivity index (χ0n) is 21.4. The van der Waals surface area contributed by atoms with Crippen LogP contribution in [0, 0.1) is 5.82 Å². The first-order chi connectivity index (χ1) is 18.4. The topological polar surface area (TPSA) is 103 Å². The van der Waals surface area contributed by atoms with Gasteiger partial charge in [0.15, 0.2) is 12.2 Å². The zero-order valence-corrected chi connectivity index (χ0v) is 22.1. The normalized spacial score (nSPS) is 17.8. The molecule has 210 valence electrons. The first-order valence-corrected chi connectivity index (χ1v) is 12.5. The van der Waals surface area contributed by atoms with Gasteiger partial charge in [-0.2, -0.15) is 8.78 Å². The van der Waals surface area contributed by atoms with E-state index in [1.807, 2.05) is 0 Å². The number of hydrogen-bond donors (Lipinski definition) is 1. The SMILES string of the molecule is CC(C)(C)OC(=O)N1CC(NC(=O)COc2ccc(Cl)c(F)c2)CC[C@@H]1c1nc2ccc(OC(F)F)cc2o1. The van der Waals surface area contributed by atoms with E-state index in [-0.39, 0.29) is 41.1 Å². The molecule has 0 bridgehead atoms. The highest BCUT2D eigenvalue weighted by molar-refractivity contribution is 6.30. The molecule has 1 N–H and O–H groups in total. The maximum absolute atomic E-state index is 13.6. The third kappa shape index (κ3) is 7.47. The van der Waals surface area contributed by atoms with Crippen molar-refractivity contribution in [1.82, 2.24) is 15.2 Å². The van der Waals surface area contributed by atoms with Gasteiger partial charge in [0, 0.05) is 24.7 Å². The molecule has 3 aromatic rings. The number of hydrogen-bond acceptors (Lipinski definition) is 7. The molecule has 39 heavy (non-hydrogen) atoms. The molecule has 0 radical (unpaired) electrons. The Morgan fingerprint density at radius 3 is 2.62 bits per heavy atom. The Balaban J connectivity index is 1.47. The van der Waals surface area contributed by atoms with Gasteiger partial charge in [-0.05, 0) is 57.9 Å². The largest absolute Gasteiger partial charge is 0.484 e. The Hall–Kier alpha value is -3.67. The van der Waals surface area contributed by atoms with Crippen molar-refractivity contribution in [2.45, 2.75) is 57.9 Å². The fourth-order valence-electron chi connectivity index (χ4n) is 4.09. The number of oxazole rings is 1. The molecule has 9 nitrogen and oxygen atoms in total. The Morgan fingerprint density at radius 2 is 1.92 bits per heavy atom. The first kappa shape index (κ1) is 28.3. The minimum Gasteiger partial charge on any atom is -0.484 e. The van der Waals surface area contributed by atoms with E-state index in [1.54, 1.807) is 20.8 Å². The van der Waals surface area contributed by atoms with Gasteiger partial charge >= 0.3 is 12.7 Å². The maximum Gasteiger partial charge on any atom is 0.411 e. The fraction of sp³-hybridized carbons (Fsp3) is 0.423. The first-order valence-electron chi connectivity index (χ1n) is 12.1. The molecule has 2 atom stereocenters. The molecule has 4 rings (SSSR count). The van der Waals surface area contributed by atoms with Crippen molar-refractivity contribution in [3.05, 3.63) is 53.1 Å². The Bertz CT molecular complexity index is 1350. The van der Waals surface area contributed by atoms with Gasteiger partial charge < -0.3 is 23.9 Å². The number of carbonyl (C=O) groups is 2. The molecule has 1 aromatic heterocycles. The lowest BCUT2D eigenvalue weighted by Gasteiger charge is -2.38. The maximum atomic E-state index is 13.6. The second kappa shape index (κ2) is 11.6. The number of nitrogens with zero attached hydrogens (tertiary/aromatic N) is 2. The molecule has 2 amide bonds. The summed E-state index contributed by atoms with van der Waals surface area (Å²) in [5, 5.41) is 2.75. The van der Waals surface area contributed by atoms with E-state index in [9.17, 15) is 22.8 Å². The van der Waals surface area contributed by atoms with Crippen LogP contribution in [0.25, 0.3) is 11.1 Å². The minimum atomic E-state index is -2.99. The van der Waals surface area contributed by atoms with Crippen LogP contribution in [0.3, 0.4) is 0 Å². The van der Waals surface area contributed by atoms with Crippen LogP contribution in [-0.4, -0.2) is 53.3 Å². The van der Waals surface area contributed by atoms with Gasteiger partial charge in [-0.15, -0.1) is 0 Å². The number of alkyl halides is 2. The molecular formula is C26H27ClF3N3O6. The van der Waals surface area contributed by atoms with Crippen LogP contribution < -0.4 is 14.8 Å². The van der Waals surface area contributed by atoms with E-state index >= 15 is 0 Å². The van der Waals surface area contributed by atoms with E-state index in [0.717, 1.165) is 6.07 Å². The van der Waals surface area contributed by atoms with Crippen LogP contribution >= 0.6 is 11.6 Å². The number of fused-ring (bicyclic) bond motifs is 1. The summed E-state index contributed by atoms with van der Waals surface area (Å²) in [6.07, 6.45) is 0.188. The molecule has 1 aliphatic heterocycles. The molecule has 2 aromatic carbocycles. The number of amides is 2. The number of rotatable bonds is 7. The summed E-state index contributed by atoms with van der Waals surface area (Å²) in [7, 11) is 0. The Morgan fingerprint density at radius 1 is 1.18 bits per heavy atom. The lowest BCUT2D eigenvalue weighted by atomic mass is 9.98. The number of benzene rings is 2. The summed E-state index contributed by atoms with van der Waals surface area (Å²) >= 11 is 5.66. The Labute approximate surface area is 227 Å². The summed E-state index contributed by atoms with van der Waals surface area (Å²) in [5.41, 5.74) is -0.164. The van der Waals surface area contributed by atoms with E-state index in [2.05, 4.69) is 15.0 Å². The van der Waals surface area contributed by atoms with E-state index in [4.69, 9.17) is 25.5 Å². The number of ether oxygens (including phenoxy) is 3. The average molecular weight is 570 g/mol. The van der Waals surface area contributed by atoms with Gasteiger partial charge in [0.2, 0.25) is 5.89 Å². The highest BCUT2D eigenvalue weighted by atomic mass is 35.5. The van der Waals surface area contributed by atoms with E-state index in [1.165, 1.54) is 35.2 Å². The van der Waals surface area contributed by atoms with Crippen LogP contribution in [0.4, 0.5) is 18.0 Å². The predicted octanol–water partition coefficient (Wildman–Crippen LogP) is 5.86. The third-order valence-corrected chi connectivity index (χ3v) is 6.03. The summed E-state index contributed by atoms with van der Waals surface area (Å²) in [6, 6.07) is 6.90. The van der Waals surface area contributed by atoms with Crippen LogP contribution in [0.5, 0.6) is 11.5 Å². The molecule has 2 heterocycles. The summed E-state index contributed by atoms with van der Waals surface area (Å²) in [6.45, 7) is 1.90. The molecule has 1 saturated heterocycles. The van der Waals surface area contributed by atoms with Crippen LogP contribution in [0.2, 0.25) is 5.02 Å². The van der Waals surface area contributed by atoms with Gasteiger partial charge in [-0.1, -0.05) is 11.6 Å². The quantitative estimate of drug-likeness (QED) is 0.380. The lowest BCUT2D eigenvalue weighted by Crippen LogP contribution is -2.52. The van der Waals surface area contributed by atoms with E-state index < -0.39 is 42.1 Å². The van der Waals surface area contributed by atoms with Crippen molar-refractivity contribution in [2.24, 2.45) is 0 Å². The smallest absolute Gasteiger partial charge is 0.411 e. The molecule has 13 heteroatoms. The number of nitrogens with one attached hydrogen (secondary N) is 1. The van der Waals surface area contributed by atoms with Gasteiger partial charge in [0.05, 0.1) is 5.02 Å². The highest BCUT2D eigenvalue weighted by Crippen LogP contribution is 2.34. The van der Waals surface area contributed by atoms with Crippen molar-refractivity contribution in [2.75, 3.05) is 13.2 Å². The fourth-order valence-corrected chi connectivity index (χ4v) is 4.21. The minimum absolute atomic E-state index is 0.0633. The summed E-state index contributed by atoms with van der Waals surface area (Å²) in [4.78, 5) is 31.5. The molecule has 1 unspecified atom stereocenters. The van der Waals surface area contributed by atoms with Crippen molar-refractivity contribution in [3.63, 3.8) is 0 Å². The molecule has 0 saturated carbocycles. The van der Waals surface area contributed by atoms with Crippen LogP contribution in [-0.2, 0) is 9.53 Å². The van der Waals surface area contributed by atoms with Crippen LogP contribution in [0.1, 0.15) is 45.5 Å².